The number of aryl methyl sites for hydroxylation is 1. The summed E-state index contributed by atoms with van der Waals surface area (Å²) in [5.41, 5.74) is 1.91. The first kappa shape index (κ1) is 23.7. The number of aliphatic hydroxyl groups is 1. The fourth-order valence-electron chi connectivity index (χ4n) is 4.01. The van der Waals surface area contributed by atoms with E-state index in [0.717, 1.165) is 5.56 Å². The van der Waals surface area contributed by atoms with Crippen molar-refractivity contribution in [2.24, 2.45) is 0 Å². The average molecular weight is 518 g/mol. The second-order valence-electron chi connectivity index (χ2n) is 8.13. The van der Waals surface area contributed by atoms with Crippen molar-refractivity contribution in [3.8, 4) is 5.75 Å². The number of nitrogens with zero attached hydrogens (tertiary/aromatic N) is 3. The van der Waals surface area contributed by atoms with Crippen LogP contribution in [0.4, 0.5) is 5.13 Å². The van der Waals surface area contributed by atoms with Gasteiger partial charge in [0.15, 0.2) is 0 Å². The van der Waals surface area contributed by atoms with E-state index < -0.39 is 17.7 Å². The largest absolute Gasteiger partial charge is 0.507 e. The molecule has 1 fully saturated rings. The first-order chi connectivity index (χ1) is 17.4. The smallest absolute Gasteiger partial charge is 0.301 e. The first-order valence-electron chi connectivity index (χ1n) is 11.1. The lowest BCUT2D eigenvalue weighted by Gasteiger charge is -2.23. The molecule has 2 heterocycles. The van der Waals surface area contributed by atoms with Crippen LogP contribution >= 0.6 is 22.9 Å². The molecule has 1 aromatic heterocycles. The van der Waals surface area contributed by atoms with Crippen molar-refractivity contribution in [3.63, 3.8) is 0 Å². The molecule has 3 aromatic carbocycles. The van der Waals surface area contributed by atoms with Crippen LogP contribution in [0.15, 0.2) is 84.4 Å². The van der Waals surface area contributed by atoms with Gasteiger partial charge in [-0.3, -0.25) is 14.5 Å². The summed E-state index contributed by atoms with van der Waals surface area (Å²) in [6, 6.07) is 22.3. The summed E-state index contributed by atoms with van der Waals surface area (Å²) in [4.78, 5) is 27.7. The summed E-state index contributed by atoms with van der Waals surface area (Å²) >= 11 is 7.18. The lowest BCUT2D eigenvalue weighted by Crippen LogP contribution is -2.29. The lowest BCUT2D eigenvalue weighted by atomic mass is 9.95. The minimum absolute atomic E-state index is 0.0459. The number of ether oxygens (including phenoxy) is 1. The van der Waals surface area contributed by atoms with Crippen LogP contribution in [-0.2, 0) is 16.2 Å². The molecule has 1 amide bonds. The summed E-state index contributed by atoms with van der Waals surface area (Å²) in [5.74, 6) is -1.34. The van der Waals surface area contributed by atoms with E-state index in [4.69, 9.17) is 16.3 Å². The standard InChI is InChI=1S/C27H20ClN3O4S/c1-16-29-30-27(36-16)31-23(19-8-5-9-21(14-19)35-15-17-6-3-2-4-7-17)22(25(33)26(31)34)24(32)18-10-12-20(28)13-11-18/h2-14,23,32H,15H2,1H3/b24-22+. The topological polar surface area (TPSA) is 92.6 Å². The number of hydrogen-bond acceptors (Lipinski definition) is 7. The molecule has 1 unspecified atom stereocenters. The Bertz CT molecular complexity index is 1470. The SMILES string of the molecule is Cc1nnc(N2C(=O)C(=O)/C(=C(/O)c3ccc(Cl)cc3)C2c2cccc(OCc3ccccc3)c2)s1. The van der Waals surface area contributed by atoms with Gasteiger partial charge in [0.25, 0.3) is 5.78 Å². The van der Waals surface area contributed by atoms with Crippen molar-refractivity contribution in [2.45, 2.75) is 19.6 Å². The number of anilines is 1. The zero-order chi connectivity index (χ0) is 25.2. The number of benzene rings is 3. The number of aromatic nitrogens is 2. The van der Waals surface area contributed by atoms with Crippen LogP contribution in [0.5, 0.6) is 5.75 Å². The van der Waals surface area contributed by atoms with Gasteiger partial charge in [-0.25, -0.2) is 0 Å². The van der Waals surface area contributed by atoms with Crippen LogP contribution in [0.2, 0.25) is 5.02 Å². The van der Waals surface area contributed by atoms with E-state index in [1.165, 1.54) is 16.2 Å². The molecular weight excluding hydrogens is 498 g/mol. The molecule has 1 saturated heterocycles. The number of Topliss-reactive ketones (excluding diaryl/α,β-unsaturated/α-hetero) is 1. The van der Waals surface area contributed by atoms with Crippen molar-refractivity contribution in [3.05, 3.63) is 111 Å². The lowest BCUT2D eigenvalue weighted by molar-refractivity contribution is -0.132. The van der Waals surface area contributed by atoms with Gasteiger partial charge in [0, 0.05) is 10.6 Å². The zero-order valence-corrected chi connectivity index (χ0v) is 20.7. The van der Waals surface area contributed by atoms with Crippen LogP contribution in [0.1, 0.15) is 27.7 Å². The summed E-state index contributed by atoms with van der Waals surface area (Å²) in [6.07, 6.45) is 0. The fourth-order valence-corrected chi connectivity index (χ4v) is 4.85. The molecule has 0 aliphatic carbocycles. The Balaban J connectivity index is 1.59. The van der Waals surface area contributed by atoms with Crippen molar-refractivity contribution < 1.29 is 19.4 Å². The monoisotopic (exact) mass is 517 g/mol. The minimum atomic E-state index is -0.923. The molecule has 9 heteroatoms. The molecule has 7 nitrogen and oxygen atoms in total. The number of amides is 1. The Morgan fingerprint density at radius 2 is 1.78 bits per heavy atom. The van der Waals surface area contributed by atoms with Crippen LogP contribution in [0, 0.1) is 6.92 Å². The van der Waals surface area contributed by atoms with E-state index in [9.17, 15) is 14.7 Å². The molecule has 1 N–H and O–H groups in total. The number of carbonyl (C=O) groups excluding carboxylic acids is 2. The summed E-state index contributed by atoms with van der Waals surface area (Å²) in [5, 5.41) is 20.7. The fraction of sp³-hybridized carbons (Fsp3) is 0.111. The number of rotatable bonds is 6. The predicted octanol–water partition coefficient (Wildman–Crippen LogP) is 5.71. The number of hydrogen-bond donors (Lipinski definition) is 1. The summed E-state index contributed by atoms with van der Waals surface area (Å²) in [7, 11) is 0. The first-order valence-corrected chi connectivity index (χ1v) is 12.3. The Labute approximate surface area is 216 Å². The predicted molar refractivity (Wildman–Crippen MR) is 138 cm³/mol. The molecule has 1 aliphatic heterocycles. The van der Waals surface area contributed by atoms with Gasteiger partial charge in [-0.1, -0.05) is 65.4 Å². The second kappa shape index (κ2) is 9.93. The van der Waals surface area contributed by atoms with E-state index in [-0.39, 0.29) is 16.5 Å². The van der Waals surface area contributed by atoms with Crippen molar-refractivity contribution in [2.75, 3.05) is 4.90 Å². The maximum Gasteiger partial charge on any atom is 0.301 e. The Kier molecular flexibility index (Phi) is 6.54. The van der Waals surface area contributed by atoms with Gasteiger partial charge in [0.1, 0.15) is 23.1 Å². The van der Waals surface area contributed by atoms with Crippen LogP contribution < -0.4 is 9.64 Å². The van der Waals surface area contributed by atoms with E-state index in [1.807, 2.05) is 30.3 Å². The highest BCUT2D eigenvalue weighted by Gasteiger charge is 2.48. The Hall–Kier alpha value is -4.01. The van der Waals surface area contributed by atoms with Gasteiger partial charge < -0.3 is 9.84 Å². The van der Waals surface area contributed by atoms with Crippen molar-refractivity contribution >= 4 is 45.5 Å². The van der Waals surface area contributed by atoms with Gasteiger partial charge in [-0.15, -0.1) is 10.2 Å². The molecule has 5 rings (SSSR count). The maximum absolute atomic E-state index is 13.2. The molecular formula is C27H20ClN3O4S. The molecule has 1 aliphatic rings. The Morgan fingerprint density at radius 1 is 1.03 bits per heavy atom. The van der Waals surface area contributed by atoms with E-state index in [0.29, 0.717) is 33.5 Å². The number of ketones is 1. The zero-order valence-electron chi connectivity index (χ0n) is 19.1. The quantitative estimate of drug-likeness (QED) is 0.200. The Morgan fingerprint density at radius 3 is 2.47 bits per heavy atom. The number of halogens is 1. The van der Waals surface area contributed by atoms with Gasteiger partial charge in [-0.05, 0) is 54.4 Å². The highest BCUT2D eigenvalue weighted by Crippen LogP contribution is 2.43. The highest BCUT2D eigenvalue weighted by molar-refractivity contribution is 7.15. The summed E-state index contributed by atoms with van der Waals surface area (Å²) in [6.45, 7) is 2.11. The van der Waals surface area contributed by atoms with Crippen LogP contribution in [0.25, 0.3) is 5.76 Å². The molecule has 0 saturated carbocycles. The van der Waals surface area contributed by atoms with Gasteiger partial charge in [0.2, 0.25) is 5.13 Å². The van der Waals surface area contributed by atoms with Gasteiger partial charge >= 0.3 is 5.91 Å². The van der Waals surface area contributed by atoms with Gasteiger partial charge in [-0.2, -0.15) is 0 Å². The molecule has 1 atom stereocenters. The molecule has 0 bridgehead atoms. The van der Waals surface area contributed by atoms with Crippen LogP contribution in [0.3, 0.4) is 0 Å². The van der Waals surface area contributed by atoms with Gasteiger partial charge in [0.05, 0.1) is 11.6 Å². The molecule has 0 radical (unpaired) electrons. The molecule has 4 aromatic rings. The third-order valence-corrected chi connectivity index (χ3v) is 6.80. The molecule has 180 valence electrons. The normalized spacial score (nSPS) is 16.9. The third kappa shape index (κ3) is 4.60. The maximum atomic E-state index is 13.2. The third-order valence-electron chi connectivity index (χ3n) is 5.71. The van der Waals surface area contributed by atoms with Crippen molar-refractivity contribution in [1.82, 2.24) is 10.2 Å². The van der Waals surface area contributed by atoms with E-state index in [1.54, 1.807) is 55.5 Å². The van der Waals surface area contributed by atoms with Crippen LogP contribution in [-0.4, -0.2) is 27.0 Å². The number of carbonyl (C=O) groups is 2. The second-order valence-corrected chi connectivity index (χ2v) is 9.72. The average Bonchev–Trinajstić information content (AvgIpc) is 3.44. The number of aliphatic hydroxyl groups excluding tert-OH is 1. The minimum Gasteiger partial charge on any atom is -0.507 e. The molecule has 0 spiro atoms. The summed E-state index contributed by atoms with van der Waals surface area (Å²) < 4.78 is 5.98. The highest BCUT2D eigenvalue weighted by atomic mass is 35.5. The molecule has 36 heavy (non-hydrogen) atoms. The van der Waals surface area contributed by atoms with E-state index >= 15 is 0 Å². The van der Waals surface area contributed by atoms with E-state index in [2.05, 4.69) is 10.2 Å². The van der Waals surface area contributed by atoms with Crippen molar-refractivity contribution in [1.29, 1.82) is 0 Å².